The van der Waals surface area contributed by atoms with Crippen LogP contribution in [0.15, 0.2) is 0 Å². The van der Waals surface area contributed by atoms with E-state index in [1.54, 1.807) is 0 Å². The second-order valence-corrected chi connectivity index (χ2v) is 22.1. The molecule has 0 aliphatic heterocycles. The first kappa shape index (κ1) is 64.4. The van der Waals surface area contributed by atoms with Crippen molar-refractivity contribution in [2.45, 2.75) is 337 Å². The molecule has 1 atom stereocenters. The molecule has 0 fully saturated rings. The largest absolute Gasteiger partial charge is 0.462 e. The van der Waals surface area contributed by atoms with Gasteiger partial charge in [-0.05, 0) is 37.0 Å². The maximum absolute atomic E-state index is 12.9. The Bertz CT molecular complexity index is 1020. The fourth-order valence-corrected chi connectivity index (χ4v) is 9.18. The molecule has 0 radical (unpaired) electrons. The molecule has 0 amide bonds. The molecule has 0 aliphatic carbocycles. The number of rotatable bonds is 53. The molecule has 0 aromatic carbocycles. The predicted molar refractivity (Wildman–Crippen MR) is 284 cm³/mol. The molecule has 0 N–H and O–H groups in total. The SMILES string of the molecule is CC(C)CCCCCCCCCCCCCCCCCCC(=O)O[C@H](COC(=O)CCCCCCCCCCCCCCC(C)C)COC(=O)CCCCCCCCCCCCCC(C)C. The summed E-state index contributed by atoms with van der Waals surface area (Å²) in [4.78, 5) is 38.2. The number of hydrogen-bond acceptors (Lipinski definition) is 6. The molecular weight excluding hydrogens is 817 g/mol. The minimum atomic E-state index is -0.764. The Morgan fingerprint density at radius 1 is 0.258 bits per heavy atom. The van der Waals surface area contributed by atoms with Crippen molar-refractivity contribution < 1.29 is 28.6 Å². The van der Waals surface area contributed by atoms with Crippen molar-refractivity contribution in [2.24, 2.45) is 17.8 Å². The average Bonchev–Trinajstić information content (AvgIpc) is 3.28. The highest BCUT2D eigenvalue weighted by atomic mass is 16.6. The molecule has 0 saturated heterocycles. The maximum Gasteiger partial charge on any atom is 0.306 e. The van der Waals surface area contributed by atoms with Gasteiger partial charge in [0.05, 0.1) is 0 Å². The lowest BCUT2D eigenvalue weighted by atomic mass is 10.0. The van der Waals surface area contributed by atoms with E-state index < -0.39 is 6.10 Å². The van der Waals surface area contributed by atoms with Gasteiger partial charge < -0.3 is 14.2 Å². The highest BCUT2D eigenvalue weighted by Crippen LogP contribution is 2.19. The van der Waals surface area contributed by atoms with E-state index in [1.807, 2.05) is 0 Å². The topological polar surface area (TPSA) is 78.9 Å². The van der Waals surface area contributed by atoms with Crippen LogP contribution in [-0.4, -0.2) is 37.2 Å². The van der Waals surface area contributed by atoms with Gasteiger partial charge in [0.15, 0.2) is 6.10 Å². The summed E-state index contributed by atoms with van der Waals surface area (Å²) < 4.78 is 16.9. The molecule has 0 rings (SSSR count). The Kier molecular flexibility index (Phi) is 50.0. The van der Waals surface area contributed by atoms with Crippen LogP contribution >= 0.6 is 0 Å². The summed E-state index contributed by atoms with van der Waals surface area (Å²) in [6.07, 6.45) is 53.8. The Labute approximate surface area is 412 Å². The fourth-order valence-electron chi connectivity index (χ4n) is 9.18. The summed E-state index contributed by atoms with van der Waals surface area (Å²) in [6.45, 7) is 13.8. The van der Waals surface area contributed by atoms with Crippen LogP contribution in [0.2, 0.25) is 0 Å². The van der Waals surface area contributed by atoms with E-state index in [4.69, 9.17) is 14.2 Å². The van der Waals surface area contributed by atoms with Crippen molar-refractivity contribution in [1.29, 1.82) is 0 Å². The van der Waals surface area contributed by atoms with Gasteiger partial charge in [-0.2, -0.15) is 0 Å². The molecule has 0 spiro atoms. The minimum absolute atomic E-state index is 0.0634. The summed E-state index contributed by atoms with van der Waals surface area (Å²) in [7, 11) is 0. The molecule has 66 heavy (non-hydrogen) atoms. The normalized spacial score (nSPS) is 12.1. The van der Waals surface area contributed by atoms with E-state index in [0.717, 1.165) is 75.5 Å². The van der Waals surface area contributed by atoms with Gasteiger partial charge in [0.25, 0.3) is 0 Å². The van der Waals surface area contributed by atoms with E-state index in [9.17, 15) is 14.4 Å². The Balaban J connectivity index is 4.29. The van der Waals surface area contributed by atoms with Crippen molar-refractivity contribution in [3.05, 3.63) is 0 Å². The summed E-state index contributed by atoms with van der Waals surface area (Å²) in [6, 6.07) is 0. The van der Waals surface area contributed by atoms with Crippen LogP contribution in [0.5, 0.6) is 0 Å². The van der Waals surface area contributed by atoms with Crippen LogP contribution in [0.4, 0.5) is 0 Å². The zero-order valence-corrected chi connectivity index (χ0v) is 45.5. The number of hydrogen-bond donors (Lipinski definition) is 0. The average molecular weight is 934 g/mol. The quantitative estimate of drug-likeness (QED) is 0.0343. The monoisotopic (exact) mass is 933 g/mol. The van der Waals surface area contributed by atoms with Crippen molar-refractivity contribution in [3.63, 3.8) is 0 Å². The lowest BCUT2D eigenvalue weighted by Crippen LogP contribution is -2.30. The summed E-state index contributed by atoms with van der Waals surface area (Å²) in [5.74, 6) is 1.67. The Morgan fingerprint density at radius 2 is 0.439 bits per heavy atom. The van der Waals surface area contributed by atoms with Crippen LogP contribution < -0.4 is 0 Å². The third-order valence-corrected chi connectivity index (χ3v) is 13.6. The Hall–Kier alpha value is -1.59. The van der Waals surface area contributed by atoms with Gasteiger partial charge in [0.2, 0.25) is 0 Å². The van der Waals surface area contributed by atoms with Gasteiger partial charge in [-0.1, -0.05) is 292 Å². The first-order valence-electron chi connectivity index (χ1n) is 29.6. The van der Waals surface area contributed by atoms with Gasteiger partial charge in [-0.15, -0.1) is 0 Å². The highest BCUT2D eigenvalue weighted by Gasteiger charge is 2.19. The van der Waals surface area contributed by atoms with E-state index in [-0.39, 0.29) is 31.1 Å². The predicted octanol–water partition coefficient (Wildman–Crippen LogP) is 19.5. The first-order chi connectivity index (χ1) is 32.1. The van der Waals surface area contributed by atoms with Gasteiger partial charge in [0.1, 0.15) is 13.2 Å². The molecular formula is C60H116O6. The smallest absolute Gasteiger partial charge is 0.306 e. The van der Waals surface area contributed by atoms with Gasteiger partial charge in [-0.25, -0.2) is 0 Å². The van der Waals surface area contributed by atoms with Crippen LogP contribution in [0.1, 0.15) is 330 Å². The van der Waals surface area contributed by atoms with Crippen molar-refractivity contribution >= 4 is 17.9 Å². The molecule has 0 unspecified atom stereocenters. The third-order valence-electron chi connectivity index (χ3n) is 13.6. The number of unbranched alkanes of at least 4 members (excludes halogenated alkanes) is 36. The third kappa shape index (κ3) is 53.4. The summed E-state index contributed by atoms with van der Waals surface area (Å²) in [5, 5.41) is 0. The van der Waals surface area contributed by atoms with E-state index in [1.165, 1.54) is 212 Å². The number of esters is 3. The van der Waals surface area contributed by atoms with Crippen LogP contribution in [0.3, 0.4) is 0 Å². The highest BCUT2D eigenvalue weighted by molar-refractivity contribution is 5.71. The summed E-state index contributed by atoms with van der Waals surface area (Å²) in [5.41, 5.74) is 0. The second-order valence-electron chi connectivity index (χ2n) is 22.1. The second kappa shape index (κ2) is 51.3. The fraction of sp³-hybridized carbons (Fsp3) is 0.950. The molecule has 0 heterocycles. The number of carbonyl (C=O) groups is 3. The zero-order valence-electron chi connectivity index (χ0n) is 45.5. The Morgan fingerprint density at radius 3 is 0.652 bits per heavy atom. The first-order valence-corrected chi connectivity index (χ1v) is 29.6. The molecule has 0 aliphatic rings. The molecule has 0 saturated carbocycles. The van der Waals surface area contributed by atoms with E-state index >= 15 is 0 Å². The van der Waals surface area contributed by atoms with Crippen LogP contribution in [0, 0.1) is 17.8 Å². The van der Waals surface area contributed by atoms with Gasteiger partial charge >= 0.3 is 17.9 Å². The lowest BCUT2D eigenvalue weighted by molar-refractivity contribution is -0.167. The lowest BCUT2D eigenvalue weighted by Gasteiger charge is -2.18. The van der Waals surface area contributed by atoms with Crippen molar-refractivity contribution in [2.75, 3.05) is 13.2 Å². The molecule has 392 valence electrons. The standard InChI is InChI=1S/C60H116O6/c1-54(2)46-40-34-28-22-16-11-9-7-8-10-12-20-27-33-39-45-51-60(63)66-57(53-65-59(62)50-44-38-32-26-21-15-18-24-30-36-42-48-56(5)6)52-64-58(61)49-43-37-31-25-19-14-13-17-23-29-35-41-47-55(3)4/h54-57H,7-53H2,1-6H3/t57-/m1/s1. The van der Waals surface area contributed by atoms with Crippen molar-refractivity contribution in [1.82, 2.24) is 0 Å². The van der Waals surface area contributed by atoms with Crippen molar-refractivity contribution in [3.8, 4) is 0 Å². The molecule has 0 aromatic rings. The van der Waals surface area contributed by atoms with Gasteiger partial charge in [-0.3, -0.25) is 14.4 Å². The molecule has 6 heteroatoms. The summed E-state index contributed by atoms with van der Waals surface area (Å²) >= 11 is 0. The zero-order chi connectivity index (χ0) is 48.4. The minimum Gasteiger partial charge on any atom is -0.462 e. The van der Waals surface area contributed by atoms with E-state index in [0.29, 0.717) is 19.3 Å². The van der Waals surface area contributed by atoms with Crippen LogP contribution in [0.25, 0.3) is 0 Å². The number of ether oxygens (including phenoxy) is 3. The molecule has 0 bridgehead atoms. The number of carbonyl (C=O) groups excluding carboxylic acids is 3. The molecule has 6 nitrogen and oxygen atoms in total. The van der Waals surface area contributed by atoms with Crippen LogP contribution in [-0.2, 0) is 28.6 Å². The maximum atomic E-state index is 12.9. The van der Waals surface area contributed by atoms with E-state index in [2.05, 4.69) is 41.5 Å². The molecule has 0 aromatic heterocycles. The van der Waals surface area contributed by atoms with Gasteiger partial charge in [0, 0.05) is 19.3 Å².